The average molecular weight is 374 g/mol. The van der Waals surface area contributed by atoms with Crippen LogP contribution in [0.15, 0.2) is 45.5 Å². The molecule has 2 aromatic rings. The van der Waals surface area contributed by atoms with Crippen LogP contribution in [0.4, 0.5) is 10.1 Å². The molecule has 92 valence electrons. The molecule has 0 saturated heterocycles. The molecule has 0 spiro atoms. The number of nitrogens with one attached hydrogen (secondary N) is 1. The second kappa shape index (κ2) is 5.58. The molecule has 0 radical (unpaired) electrons. The highest BCUT2D eigenvalue weighted by molar-refractivity contribution is 9.10. The zero-order valence-electron chi connectivity index (χ0n) is 8.95. The van der Waals surface area contributed by atoms with Gasteiger partial charge in [0.25, 0.3) is 5.91 Å². The van der Waals surface area contributed by atoms with E-state index in [9.17, 15) is 9.18 Å². The fraction of sp³-hybridized carbons (Fsp3) is 0. The predicted molar refractivity (Wildman–Crippen MR) is 74.0 cm³/mol. The Hall–Kier alpha value is -1.27. The average Bonchev–Trinajstić information content (AvgIpc) is 2.32. The number of hydrogen-bond donors (Lipinski definition) is 1. The molecule has 2 rings (SSSR count). The largest absolute Gasteiger partial charge is 0.320 e. The van der Waals surface area contributed by atoms with Crippen LogP contribution in [0, 0.1) is 5.82 Å². The third-order valence-corrected chi connectivity index (χ3v) is 3.22. The summed E-state index contributed by atoms with van der Waals surface area (Å²) in [5, 5.41) is 2.65. The number of halogens is 3. The molecule has 0 atom stereocenters. The van der Waals surface area contributed by atoms with E-state index in [-0.39, 0.29) is 17.4 Å². The highest BCUT2D eigenvalue weighted by atomic mass is 79.9. The summed E-state index contributed by atoms with van der Waals surface area (Å²) < 4.78 is 14.0. The first kappa shape index (κ1) is 13.2. The Morgan fingerprint density at radius 1 is 1.22 bits per heavy atom. The number of amides is 1. The lowest BCUT2D eigenvalue weighted by molar-refractivity contribution is 0.102. The molecule has 0 aliphatic heterocycles. The molecule has 0 bridgehead atoms. The minimum atomic E-state index is -0.375. The second-order valence-corrected chi connectivity index (χ2v) is 5.09. The van der Waals surface area contributed by atoms with Crippen molar-refractivity contribution < 1.29 is 9.18 Å². The van der Waals surface area contributed by atoms with Crippen molar-refractivity contribution in [2.75, 3.05) is 5.32 Å². The highest BCUT2D eigenvalue weighted by Gasteiger charge is 2.10. The van der Waals surface area contributed by atoms with E-state index in [2.05, 4.69) is 42.2 Å². The van der Waals surface area contributed by atoms with Crippen molar-refractivity contribution in [3.8, 4) is 0 Å². The van der Waals surface area contributed by atoms with Crippen LogP contribution in [0.5, 0.6) is 0 Å². The summed E-state index contributed by atoms with van der Waals surface area (Å²) in [5.74, 6) is -0.732. The predicted octanol–water partition coefficient (Wildman–Crippen LogP) is 4.00. The van der Waals surface area contributed by atoms with Gasteiger partial charge < -0.3 is 5.32 Å². The number of anilines is 1. The minimum Gasteiger partial charge on any atom is -0.320 e. The lowest BCUT2D eigenvalue weighted by Gasteiger charge is -2.07. The molecule has 0 fully saturated rings. The summed E-state index contributed by atoms with van der Waals surface area (Å²) in [4.78, 5) is 15.9. The molecule has 1 aromatic heterocycles. The van der Waals surface area contributed by atoms with Crippen molar-refractivity contribution in [3.05, 3.63) is 57.0 Å². The van der Waals surface area contributed by atoms with E-state index in [0.717, 1.165) is 0 Å². The maximum absolute atomic E-state index is 12.9. The van der Waals surface area contributed by atoms with Crippen LogP contribution in [0.25, 0.3) is 0 Å². The number of benzene rings is 1. The number of hydrogen-bond acceptors (Lipinski definition) is 2. The first-order valence-electron chi connectivity index (χ1n) is 4.95. The fourth-order valence-electron chi connectivity index (χ4n) is 1.31. The molecule has 18 heavy (non-hydrogen) atoms. The summed E-state index contributed by atoms with van der Waals surface area (Å²) >= 11 is 6.37. The van der Waals surface area contributed by atoms with Gasteiger partial charge in [-0.2, -0.15) is 0 Å². The van der Waals surface area contributed by atoms with Crippen molar-refractivity contribution >= 4 is 43.5 Å². The molecule has 1 heterocycles. The summed E-state index contributed by atoms with van der Waals surface area (Å²) in [6.45, 7) is 0. The molecule has 3 nitrogen and oxygen atoms in total. The molecule has 1 amide bonds. The Balaban J connectivity index is 2.21. The van der Waals surface area contributed by atoms with Crippen LogP contribution < -0.4 is 5.32 Å². The first-order chi connectivity index (χ1) is 8.56. The third kappa shape index (κ3) is 3.14. The monoisotopic (exact) mass is 372 g/mol. The number of pyridine rings is 1. The lowest BCUT2D eigenvalue weighted by Crippen LogP contribution is -2.14. The third-order valence-electron chi connectivity index (χ3n) is 2.13. The Morgan fingerprint density at radius 3 is 2.67 bits per heavy atom. The molecule has 0 aliphatic carbocycles. The number of nitrogens with zero attached hydrogens (tertiary/aromatic N) is 1. The molecular weight excluding hydrogens is 367 g/mol. The van der Waals surface area contributed by atoms with E-state index < -0.39 is 0 Å². The van der Waals surface area contributed by atoms with E-state index in [4.69, 9.17) is 0 Å². The van der Waals surface area contributed by atoms with Gasteiger partial charge >= 0.3 is 0 Å². The highest BCUT2D eigenvalue weighted by Crippen LogP contribution is 2.23. The fourth-order valence-corrected chi connectivity index (χ4v) is 2.11. The van der Waals surface area contributed by atoms with Crippen LogP contribution in [0.2, 0.25) is 0 Å². The molecule has 0 aliphatic rings. The van der Waals surface area contributed by atoms with Gasteiger partial charge in [-0.25, -0.2) is 9.37 Å². The van der Waals surface area contributed by atoms with Gasteiger partial charge in [0.1, 0.15) is 16.1 Å². The van der Waals surface area contributed by atoms with Crippen LogP contribution in [0.3, 0.4) is 0 Å². The van der Waals surface area contributed by atoms with E-state index in [0.29, 0.717) is 14.8 Å². The van der Waals surface area contributed by atoms with Crippen LogP contribution >= 0.6 is 31.9 Å². The molecule has 0 saturated carbocycles. The van der Waals surface area contributed by atoms with Crippen molar-refractivity contribution in [1.29, 1.82) is 0 Å². The van der Waals surface area contributed by atoms with Crippen molar-refractivity contribution in [2.24, 2.45) is 0 Å². The molecular formula is C12H7Br2FN2O. The SMILES string of the molecule is O=C(Nc1ccc(F)cc1Br)c1cccc(Br)n1. The lowest BCUT2D eigenvalue weighted by atomic mass is 10.3. The summed E-state index contributed by atoms with van der Waals surface area (Å²) in [6.07, 6.45) is 0. The van der Waals surface area contributed by atoms with Gasteiger partial charge in [-0.3, -0.25) is 4.79 Å². The zero-order valence-corrected chi connectivity index (χ0v) is 12.1. The van der Waals surface area contributed by atoms with Crippen LogP contribution in [-0.4, -0.2) is 10.9 Å². The Bertz CT molecular complexity index is 604. The zero-order chi connectivity index (χ0) is 13.1. The molecule has 1 N–H and O–H groups in total. The van der Waals surface area contributed by atoms with Gasteiger partial charge in [0.2, 0.25) is 0 Å². The van der Waals surface area contributed by atoms with Gasteiger partial charge in [-0.15, -0.1) is 0 Å². The van der Waals surface area contributed by atoms with Crippen molar-refractivity contribution in [3.63, 3.8) is 0 Å². The second-order valence-electron chi connectivity index (χ2n) is 3.42. The van der Waals surface area contributed by atoms with E-state index >= 15 is 0 Å². The van der Waals surface area contributed by atoms with Gasteiger partial charge in [0.05, 0.1) is 5.69 Å². The quantitative estimate of drug-likeness (QED) is 0.808. The smallest absolute Gasteiger partial charge is 0.274 e. The Morgan fingerprint density at radius 2 is 2.00 bits per heavy atom. The molecule has 1 aromatic carbocycles. The maximum Gasteiger partial charge on any atom is 0.274 e. The Kier molecular flexibility index (Phi) is 4.08. The van der Waals surface area contributed by atoms with Gasteiger partial charge in [-0.1, -0.05) is 6.07 Å². The number of rotatable bonds is 2. The minimum absolute atomic E-state index is 0.278. The topological polar surface area (TPSA) is 42.0 Å². The normalized spacial score (nSPS) is 10.2. The van der Waals surface area contributed by atoms with E-state index in [1.807, 2.05) is 0 Å². The van der Waals surface area contributed by atoms with Crippen LogP contribution in [-0.2, 0) is 0 Å². The van der Waals surface area contributed by atoms with E-state index in [1.54, 1.807) is 18.2 Å². The number of carbonyl (C=O) groups excluding carboxylic acids is 1. The molecule has 0 unspecified atom stereocenters. The summed E-state index contributed by atoms with van der Waals surface area (Å²) in [7, 11) is 0. The molecule has 6 heteroatoms. The summed E-state index contributed by atoms with van der Waals surface area (Å²) in [6, 6.07) is 9.07. The van der Waals surface area contributed by atoms with Crippen molar-refractivity contribution in [1.82, 2.24) is 4.98 Å². The number of aromatic nitrogens is 1. The van der Waals surface area contributed by atoms with Crippen LogP contribution in [0.1, 0.15) is 10.5 Å². The van der Waals surface area contributed by atoms with Gasteiger partial charge in [0.15, 0.2) is 0 Å². The van der Waals surface area contributed by atoms with Gasteiger partial charge in [-0.05, 0) is 62.2 Å². The number of carbonyl (C=O) groups is 1. The van der Waals surface area contributed by atoms with Crippen molar-refractivity contribution in [2.45, 2.75) is 0 Å². The Labute approximate surface area is 120 Å². The first-order valence-corrected chi connectivity index (χ1v) is 6.54. The standard InChI is InChI=1S/C12H7Br2FN2O/c13-8-6-7(15)4-5-9(8)17-12(18)10-2-1-3-11(14)16-10/h1-6H,(H,17,18). The maximum atomic E-state index is 12.9. The summed E-state index contributed by atoms with van der Waals surface area (Å²) in [5.41, 5.74) is 0.767. The van der Waals surface area contributed by atoms with E-state index in [1.165, 1.54) is 18.2 Å². The van der Waals surface area contributed by atoms with Gasteiger partial charge in [0, 0.05) is 4.47 Å².